The zero-order valence-corrected chi connectivity index (χ0v) is 10.7. The molecular formula is C11H9Cl2N3O. The molecule has 88 valence electrons. The standard InChI is InChI=1S/C11H9Cl2N3O/c1-6-3-4-8(17-2)7(5-6)9-14-10(12)16-11(13)15-9/h3-5H,1-2H3. The van der Waals surface area contributed by atoms with Gasteiger partial charge in [0.15, 0.2) is 5.82 Å². The van der Waals surface area contributed by atoms with E-state index in [9.17, 15) is 0 Å². The van der Waals surface area contributed by atoms with Crippen LogP contribution < -0.4 is 4.74 Å². The molecule has 1 aromatic heterocycles. The highest BCUT2D eigenvalue weighted by molar-refractivity contribution is 6.31. The Labute approximate surface area is 109 Å². The zero-order chi connectivity index (χ0) is 12.4. The lowest BCUT2D eigenvalue weighted by molar-refractivity contribution is 0.416. The lowest BCUT2D eigenvalue weighted by Gasteiger charge is -2.08. The highest BCUT2D eigenvalue weighted by Gasteiger charge is 2.11. The highest BCUT2D eigenvalue weighted by Crippen LogP contribution is 2.29. The van der Waals surface area contributed by atoms with E-state index in [0.29, 0.717) is 11.6 Å². The van der Waals surface area contributed by atoms with Gasteiger partial charge in [0.2, 0.25) is 10.6 Å². The number of ether oxygens (including phenoxy) is 1. The van der Waals surface area contributed by atoms with Gasteiger partial charge in [-0.25, -0.2) is 0 Å². The summed E-state index contributed by atoms with van der Waals surface area (Å²) in [4.78, 5) is 11.8. The second kappa shape index (κ2) is 4.85. The molecule has 2 aromatic rings. The Morgan fingerprint density at radius 1 is 1.06 bits per heavy atom. The van der Waals surface area contributed by atoms with Crippen LogP contribution in [0.25, 0.3) is 11.4 Å². The van der Waals surface area contributed by atoms with Crippen molar-refractivity contribution in [1.29, 1.82) is 0 Å². The van der Waals surface area contributed by atoms with E-state index in [1.165, 1.54) is 0 Å². The molecule has 0 N–H and O–H groups in total. The molecule has 0 aliphatic heterocycles. The predicted octanol–water partition coefficient (Wildman–Crippen LogP) is 3.16. The molecule has 0 bridgehead atoms. The van der Waals surface area contributed by atoms with Gasteiger partial charge >= 0.3 is 0 Å². The summed E-state index contributed by atoms with van der Waals surface area (Å²) in [6.45, 7) is 1.97. The van der Waals surface area contributed by atoms with Gasteiger partial charge in [0.05, 0.1) is 12.7 Å². The average Bonchev–Trinajstić information content (AvgIpc) is 2.27. The molecule has 0 aliphatic carbocycles. The minimum atomic E-state index is 0.0589. The van der Waals surface area contributed by atoms with E-state index in [0.717, 1.165) is 11.1 Å². The first-order valence-corrected chi connectivity index (χ1v) is 5.58. The smallest absolute Gasteiger partial charge is 0.227 e. The second-order valence-corrected chi connectivity index (χ2v) is 4.08. The number of methoxy groups -OCH3 is 1. The number of nitrogens with zero attached hydrogens (tertiary/aromatic N) is 3. The van der Waals surface area contributed by atoms with Gasteiger partial charge in [-0.1, -0.05) is 11.6 Å². The Morgan fingerprint density at radius 3 is 2.29 bits per heavy atom. The second-order valence-electron chi connectivity index (χ2n) is 3.40. The zero-order valence-electron chi connectivity index (χ0n) is 9.24. The lowest BCUT2D eigenvalue weighted by Crippen LogP contribution is -1.96. The Morgan fingerprint density at radius 2 is 1.71 bits per heavy atom. The Hall–Kier alpha value is -1.39. The number of aromatic nitrogens is 3. The molecule has 0 saturated carbocycles. The van der Waals surface area contributed by atoms with Crippen molar-refractivity contribution in [1.82, 2.24) is 15.0 Å². The molecule has 0 unspecified atom stereocenters. The van der Waals surface area contributed by atoms with Gasteiger partial charge in [0, 0.05) is 0 Å². The molecule has 1 heterocycles. The molecule has 0 atom stereocenters. The van der Waals surface area contributed by atoms with Crippen LogP contribution in [-0.4, -0.2) is 22.1 Å². The van der Waals surface area contributed by atoms with Gasteiger partial charge in [-0.3, -0.25) is 0 Å². The lowest BCUT2D eigenvalue weighted by atomic mass is 10.1. The monoisotopic (exact) mass is 269 g/mol. The van der Waals surface area contributed by atoms with Crippen LogP contribution in [0, 0.1) is 6.92 Å². The number of benzene rings is 1. The highest BCUT2D eigenvalue weighted by atomic mass is 35.5. The van der Waals surface area contributed by atoms with Crippen LogP contribution in [0.5, 0.6) is 5.75 Å². The normalized spacial score (nSPS) is 10.4. The van der Waals surface area contributed by atoms with Gasteiger partial charge in [-0.2, -0.15) is 15.0 Å². The first-order chi connectivity index (χ1) is 8.10. The van der Waals surface area contributed by atoms with Crippen LogP contribution in [0.3, 0.4) is 0 Å². The van der Waals surface area contributed by atoms with Crippen LogP contribution in [-0.2, 0) is 0 Å². The van der Waals surface area contributed by atoms with Crippen molar-refractivity contribution in [3.05, 3.63) is 34.3 Å². The molecule has 6 heteroatoms. The van der Waals surface area contributed by atoms with Crippen LogP contribution in [0.15, 0.2) is 18.2 Å². The Kier molecular flexibility index (Phi) is 3.45. The molecule has 1 aromatic carbocycles. The number of rotatable bonds is 2. The molecule has 2 rings (SSSR count). The van der Waals surface area contributed by atoms with Gasteiger partial charge in [-0.05, 0) is 42.3 Å². The first-order valence-electron chi connectivity index (χ1n) is 4.82. The molecule has 17 heavy (non-hydrogen) atoms. The van der Waals surface area contributed by atoms with Gasteiger partial charge in [0.1, 0.15) is 5.75 Å². The maximum Gasteiger partial charge on any atom is 0.227 e. The first kappa shape index (κ1) is 12.1. The Bertz CT molecular complexity index is 540. The maximum atomic E-state index is 5.75. The largest absolute Gasteiger partial charge is 0.496 e. The van der Waals surface area contributed by atoms with Crippen molar-refractivity contribution >= 4 is 23.2 Å². The summed E-state index contributed by atoms with van der Waals surface area (Å²) in [5, 5.41) is 0.118. The third kappa shape index (κ3) is 2.65. The number of hydrogen-bond donors (Lipinski definition) is 0. The van der Waals surface area contributed by atoms with E-state index < -0.39 is 0 Å². The van der Waals surface area contributed by atoms with Crippen LogP contribution in [0.1, 0.15) is 5.56 Å². The minimum Gasteiger partial charge on any atom is -0.496 e. The molecule has 0 aliphatic rings. The topological polar surface area (TPSA) is 47.9 Å². The summed E-state index contributed by atoms with van der Waals surface area (Å²) >= 11 is 11.5. The van der Waals surface area contributed by atoms with Crippen LogP contribution in [0.4, 0.5) is 0 Å². The summed E-state index contributed by atoms with van der Waals surface area (Å²) in [6.07, 6.45) is 0. The van der Waals surface area contributed by atoms with E-state index in [4.69, 9.17) is 27.9 Å². The number of hydrogen-bond acceptors (Lipinski definition) is 4. The van der Waals surface area contributed by atoms with Crippen molar-refractivity contribution in [2.45, 2.75) is 6.92 Å². The van der Waals surface area contributed by atoms with Gasteiger partial charge in [0.25, 0.3) is 0 Å². The molecule has 0 spiro atoms. The van der Waals surface area contributed by atoms with Crippen molar-refractivity contribution in [2.75, 3.05) is 7.11 Å². The fraction of sp³-hybridized carbons (Fsp3) is 0.182. The number of halogens is 2. The molecule has 0 fully saturated rings. The summed E-state index contributed by atoms with van der Waals surface area (Å²) < 4.78 is 5.25. The maximum absolute atomic E-state index is 5.75. The van der Waals surface area contributed by atoms with E-state index in [1.54, 1.807) is 7.11 Å². The molecule has 0 saturated heterocycles. The van der Waals surface area contributed by atoms with E-state index in [1.807, 2.05) is 25.1 Å². The Balaban J connectivity index is 2.62. The third-order valence-electron chi connectivity index (χ3n) is 2.18. The van der Waals surface area contributed by atoms with Gasteiger partial charge < -0.3 is 4.74 Å². The summed E-state index contributed by atoms with van der Waals surface area (Å²) in [5.74, 6) is 1.06. The van der Waals surface area contributed by atoms with Crippen LogP contribution >= 0.6 is 23.2 Å². The summed E-state index contributed by atoms with van der Waals surface area (Å²) in [6, 6.07) is 5.68. The minimum absolute atomic E-state index is 0.0589. The third-order valence-corrected chi connectivity index (χ3v) is 2.51. The molecule has 0 amide bonds. The molecule has 0 radical (unpaired) electrons. The molecule has 4 nitrogen and oxygen atoms in total. The summed E-state index contributed by atoms with van der Waals surface area (Å²) in [7, 11) is 1.58. The fourth-order valence-electron chi connectivity index (χ4n) is 1.44. The molecular weight excluding hydrogens is 261 g/mol. The van der Waals surface area contributed by atoms with E-state index >= 15 is 0 Å². The van der Waals surface area contributed by atoms with Crippen molar-refractivity contribution in [3.63, 3.8) is 0 Å². The van der Waals surface area contributed by atoms with Crippen molar-refractivity contribution < 1.29 is 4.74 Å². The van der Waals surface area contributed by atoms with E-state index in [2.05, 4.69) is 15.0 Å². The van der Waals surface area contributed by atoms with Crippen LogP contribution in [0.2, 0.25) is 10.6 Å². The van der Waals surface area contributed by atoms with Crippen molar-refractivity contribution in [2.24, 2.45) is 0 Å². The number of aryl methyl sites for hydroxylation is 1. The predicted molar refractivity (Wildman–Crippen MR) is 66.6 cm³/mol. The fourth-order valence-corrected chi connectivity index (χ4v) is 1.81. The SMILES string of the molecule is COc1ccc(C)cc1-c1nc(Cl)nc(Cl)n1. The quantitative estimate of drug-likeness (QED) is 0.840. The summed E-state index contributed by atoms with van der Waals surface area (Å²) in [5.41, 5.74) is 1.80. The average molecular weight is 270 g/mol. The van der Waals surface area contributed by atoms with Gasteiger partial charge in [-0.15, -0.1) is 0 Å². The van der Waals surface area contributed by atoms with Crippen molar-refractivity contribution in [3.8, 4) is 17.1 Å². The van der Waals surface area contributed by atoms with E-state index in [-0.39, 0.29) is 10.6 Å².